The Balaban J connectivity index is 1.90. The number of carbonyl (C=O) groups is 1. The summed E-state index contributed by atoms with van der Waals surface area (Å²) in [6.07, 6.45) is -3.08. The van der Waals surface area contributed by atoms with Crippen LogP contribution in [-0.4, -0.2) is 48.4 Å². The molecule has 1 heterocycles. The van der Waals surface area contributed by atoms with E-state index < -0.39 is 11.7 Å². The van der Waals surface area contributed by atoms with E-state index in [2.05, 4.69) is 4.90 Å². The van der Waals surface area contributed by atoms with Crippen molar-refractivity contribution < 1.29 is 18.0 Å². The fraction of sp³-hybridized carbons (Fsp3) is 0.562. The molecule has 1 aliphatic rings. The average Bonchev–Trinajstić information content (AvgIpc) is 2.73. The Morgan fingerprint density at radius 3 is 2.39 bits per heavy atom. The molecule has 0 radical (unpaired) electrons. The van der Waals surface area contributed by atoms with Crippen LogP contribution in [0.4, 0.5) is 13.2 Å². The fourth-order valence-electron chi connectivity index (χ4n) is 2.72. The lowest BCUT2D eigenvalue weighted by Crippen LogP contribution is -2.35. The summed E-state index contributed by atoms with van der Waals surface area (Å²) in [6.45, 7) is 3.84. The van der Waals surface area contributed by atoms with Crippen molar-refractivity contribution in [1.29, 1.82) is 0 Å². The fourth-order valence-corrected chi connectivity index (χ4v) is 2.72. The average molecular weight is 329 g/mol. The van der Waals surface area contributed by atoms with Crippen molar-refractivity contribution in [1.82, 2.24) is 9.80 Å². The highest BCUT2D eigenvalue weighted by molar-refractivity contribution is 5.76. The van der Waals surface area contributed by atoms with Crippen molar-refractivity contribution in [3.63, 3.8) is 0 Å². The van der Waals surface area contributed by atoms with Gasteiger partial charge in [0, 0.05) is 45.7 Å². The van der Waals surface area contributed by atoms with Gasteiger partial charge in [-0.15, -0.1) is 0 Å². The van der Waals surface area contributed by atoms with Gasteiger partial charge in [-0.3, -0.25) is 9.69 Å². The van der Waals surface area contributed by atoms with Crippen LogP contribution >= 0.6 is 0 Å². The van der Waals surface area contributed by atoms with Gasteiger partial charge >= 0.3 is 6.18 Å². The number of rotatable bonds is 4. The predicted octanol–water partition coefficient (Wildman–Crippen LogP) is 2.09. The molecule has 1 fully saturated rings. The summed E-state index contributed by atoms with van der Waals surface area (Å²) in [4.78, 5) is 15.9. The first-order valence-electron chi connectivity index (χ1n) is 7.76. The van der Waals surface area contributed by atoms with E-state index in [-0.39, 0.29) is 5.91 Å². The number of nitrogens with zero attached hydrogens (tertiary/aromatic N) is 2. The van der Waals surface area contributed by atoms with Crippen molar-refractivity contribution in [2.24, 2.45) is 5.73 Å². The summed E-state index contributed by atoms with van der Waals surface area (Å²) < 4.78 is 37.7. The smallest absolute Gasteiger partial charge is 0.341 e. The SMILES string of the molecule is NCCC(=O)N1CCCN(Cc2ccc(C(F)(F)F)cc2)CC1. The molecule has 1 saturated heterocycles. The van der Waals surface area contributed by atoms with Gasteiger partial charge in [-0.2, -0.15) is 13.2 Å². The second kappa shape index (κ2) is 7.79. The lowest BCUT2D eigenvalue weighted by molar-refractivity contribution is -0.137. The van der Waals surface area contributed by atoms with E-state index in [1.54, 1.807) is 0 Å². The van der Waals surface area contributed by atoms with Gasteiger partial charge in [-0.25, -0.2) is 0 Å². The van der Waals surface area contributed by atoms with Gasteiger partial charge in [0.2, 0.25) is 5.91 Å². The zero-order chi connectivity index (χ0) is 16.9. The molecule has 0 unspecified atom stereocenters. The molecule has 0 atom stereocenters. The van der Waals surface area contributed by atoms with Crippen molar-refractivity contribution in [3.8, 4) is 0 Å². The van der Waals surface area contributed by atoms with Gasteiger partial charge in [0.25, 0.3) is 0 Å². The van der Waals surface area contributed by atoms with E-state index in [4.69, 9.17) is 5.73 Å². The Labute approximate surface area is 134 Å². The molecule has 2 N–H and O–H groups in total. The van der Waals surface area contributed by atoms with Crippen LogP contribution in [0.5, 0.6) is 0 Å². The standard InChI is InChI=1S/C16H22F3N3O/c17-16(18,19)14-4-2-13(3-5-14)12-21-8-1-9-22(11-10-21)15(23)6-7-20/h2-5H,1,6-12,20H2. The largest absolute Gasteiger partial charge is 0.416 e. The minimum atomic E-state index is -4.30. The molecule has 23 heavy (non-hydrogen) atoms. The summed E-state index contributed by atoms with van der Waals surface area (Å²) in [5, 5.41) is 0. The molecule has 0 spiro atoms. The number of alkyl halides is 3. The number of hydrogen-bond donors (Lipinski definition) is 1. The van der Waals surface area contributed by atoms with E-state index >= 15 is 0 Å². The number of benzene rings is 1. The Morgan fingerprint density at radius 1 is 1.09 bits per heavy atom. The summed E-state index contributed by atoms with van der Waals surface area (Å²) in [5.41, 5.74) is 5.63. The zero-order valence-corrected chi connectivity index (χ0v) is 13.0. The first-order chi connectivity index (χ1) is 10.9. The van der Waals surface area contributed by atoms with E-state index in [0.29, 0.717) is 32.6 Å². The first kappa shape index (κ1) is 17.7. The molecular formula is C16H22F3N3O. The van der Waals surface area contributed by atoms with Gasteiger partial charge < -0.3 is 10.6 Å². The molecule has 1 amide bonds. The lowest BCUT2D eigenvalue weighted by Gasteiger charge is -2.22. The maximum atomic E-state index is 12.6. The third-order valence-electron chi connectivity index (χ3n) is 3.99. The van der Waals surface area contributed by atoms with Crippen molar-refractivity contribution in [3.05, 3.63) is 35.4 Å². The first-order valence-corrected chi connectivity index (χ1v) is 7.76. The van der Waals surface area contributed by atoms with E-state index in [1.807, 2.05) is 4.90 Å². The molecular weight excluding hydrogens is 307 g/mol. The highest BCUT2D eigenvalue weighted by Gasteiger charge is 2.30. The van der Waals surface area contributed by atoms with Crippen LogP contribution in [0.25, 0.3) is 0 Å². The van der Waals surface area contributed by atoms with Crippen molar-refractivity contribution in [2.45, 2.75) is 25.6 Å². The normalized spacial score (nSPS) is 17.1. The summed E-state index contributed by atoms with van der Waals surface area (Å²) in [7, 11) is 0. The van der Waals surface area contributed by atoms with Crippen LogP contribution in [0.1, 0.15) is 24.0 Å². The molecule has 0 aliphatic carbocycles. The predicted molar refractivity (Wildman–Crippen MR) is 81.6 cm³/mol. The Hall–Kier alpha value is -1.60. The zero-order valence-electron chi connectivity index (χ0n) is 13.0. The molecule has 1 aromatic carbocycles. The van der Waals surface area contributed by atoms with Crippen LogP contribution in [0.3, 0.4) is 0 Å². The van der Waals surface area contributed by atoms with E-state index in [1.165, 1.54) is 12.1 Å². The van der Waals surface area contributed by atoms with Crippen LogP contribution in [0, 0.1) is 0 Å². The maximum absolute atomic E-state index is 12.6. The molecule has 1 aliphatic heterocycles. The van der Waals surface area contributed by atoms with E-state index in [0.717, 1.165) is 37.2 Å². The van der Waals surface area contributed by atoms with Gasteiger partial charge in [0.05, 0.1) is 5.56 Å². The third-order valence-corrected chi connectivity index (χ3v) is 3.99. The topological polar surface area (TPSA) is 49.6 Å². The monoisotopic (exact) mass is 329 g/mol. The molecule has 7 heteroatoms. The summed E-state index contributed by atoms with van der Waals surface area (Å²) in [6, 6.07) is 5.27. The molecule has 4 nitrogen and oxygen atoms in total. The number of carbonyl (C=O) groups excluding carboxylic acids is 1. The van der Waals surface area contributed by atoms with E-state index in [9.17, 15) is 18.0 Å². The van der Waals surface area contributed by atoms with Gasteiger partial charge in [-0.05, 0) is 24.1 Å². The van der Waals surface area contributed by atoms with Crippen LogP contribution < -0.4 is 5.73 Å². The Bertz CT molecular complexity index is 516. The minimum absolute atomic E-state index is 0.0730. The highest BCUT2D eigenvalue weighted by atomic mass is 19.4. The number of nitrogens with two attached hydrogens (primary N) is 1. The van der Waals surface area contributed by atoms with Crippen molar-refractivity contribution in [2.75, 3.05) is 32.7 Å². The van der Waals surface area contributed by atoms with Gasteiger partial charge in [-0.1, -0.05) is 12.1 Å². The second-order valence-electron chi connectivity index (χ2n) is 5.74. The quantitative estimate of drug-likeness (QED) is 0.920. The highest BCUT2D eigenvalue weighted by Crippen LogP contribution is 2.29. The molecule has 2 rings (SSSR count). The molecule has 1 aromatic rings. The number of halogens is 3. The van der Waals surface area contributed by atoms with Crippen molar-refractivity contribution >= 4 is 5.91 Å². The number of hydrogen-bond acceptors (Lipinski definition) is 3. The molecule has 0 aromatic heterocycles. The maximum Gasteiger partial charge on any atom is 0.416 e. The lowest BCUT2D eigenvalue weighted by atomic mass is 10.1. The van der Waals surface area contributed by atoms with Gasteiger partial charge in [0.1, 0.15) is 0 Å². The third kappa shape index (κ3) is 5.21. The molecule has 0 saturated carbocycles. The molecule has 0 bridgehead atoms. The summed E-state index contributed by atoms with van der Waals surface area (Å²) in [5.74, 6) is 0.0730. The molecule has 128 valence electrons. The number of amides is 1. The van der Waals surface area contributed by atoms with Gasteiger partial charge in [0.15, 0.2) is 0 Å². The Kier molecular flexibility index (Phi) is 6.01. The Morgan fingerprint density at radius 2 is 1.78 bits per heavy atom. The van der Waals surface area contributed by atoms with Crippen LogP contribution in [-0.2, 0) is 17.5 Å². The minimum Gasteiger partial charge on any atom is -0.341 e. The second-order valence-corrected chi connectivity index (χ2v) is 5.74. The summed E-state index contributed by atoms with van der Waals surface area (Å²) >= 11 is 0. The van der Waals surface area contributed by atoms with Crippen LogP contribution in [0.15, 0.2) is 24.3 Å². The van der Waals surface area contributed by atoms with Crippen LogP contribution in [0.2, 0.25) is 0 Å².